The molecule has 0 aliphatic carbocycles. The van der Waals surface area contributed by atoms with Crippen molar-refractivity contribution in [3.8, 4) is 11.5 Å². The van der Waals surface area contributed by atoms with Crippen molar-refractivity contribution in [2.75, 3.05) is 37.6 Å². The van der Waals surface area contributed by atoms with E-state index in [1.807, 2.05) is 36.8 Å². The molecule has 0 saturated heterocycles. The van der Waals surface area contributed by atoms with E-state index in [-0.39, 0.29) is 35.6 Å². The van der Waals surface area contributed by atoms with E-state index in [4.69, 9.17) is 35.6 Å². The molecular formula is C40H48N12O7. The Balaban J connectivity index is 1.19. The fourth-order valence-electron chi connectivity index (χ4n) is 7.46. The Hall–Kier alpha value is -6.76. The van der Waals surface area contributed by atoms with Gasteiger partial charge in [0.1, 0.15) is 40.5 Å². The van der Waals surface area contributed by atoms with E-state index in [0.717, 1.165) is 0 Å². The Kier molecular flexibility index (Phi) is 11.6. The number of aromatic nitrogens is 8. The molecule has 6 aromatic rings. The predicted octanol–water partition coefficient (Wildman–Crippen LogP) is 4.36. The highest BCUT2D eigenvalue weighted by Crippen LogP contribution is 2.39. The van der Waals surface area contributed by atoms with Crippen molar-refractivity contribution >= 4 is 57.6 Å². The topological polar surface area (TPSA) is 243 Å². The number of hydrogen-bond donors (Lipinski definition) is 4. The van der Waals surface area contributed by atoms with Crippen LogP contribution in [0.5, 0.6) is 11.5 Å². The first kappa shape index (κ1) is 40.4. The summed E-state index contributed by atoms with van der Waals surface area (Å²) >= 11 is 0. The lowest BCUT2D eigenvalue weighted by Crippen LogP contribution is -2.26. The number of aryl methyl sites for hydroxylation is 5. The molecule has 0 unspecified atom stereocenters. The monoisotopic (exact) mass is 808 g/mol. The highest BCUT2D eigenvalue weighted by Gasteiger charge is 2.30. The summed E-state index contributed by atoms with van der Waals surface area (Å²) in [4.78, 5) is 61.5. The van der Waals surface area contributed by atoms with E-state index in [2.05, 4.69) is 20.8 Å². The van der Waals surface area contributed by atoms with Gasteiger partial charge in [0.25, 0.3) is 11.8 Å². The number of anilines is 2. The molecule has 0 spiro atoms. The largest absolute Gasteiger partial charge is 0.491 e. The number of primary amides is 2. The van der Waals surface area contributed by atoms with Crippen molar-refractivity contribution in [1.82, 2.24) is 38.7 Å². The van der Waals surface area contributed by atoms with Crippen LogP contribution in [-0.2, 0) is 24.4 Å². The molecule has 7 rings (SSSR count). The lowest BCUT2D eigenvalue weighted by Gasteiger charge is -2.27. The van der Waals surface area contributed by atoms with Crippen molar-refractivity contribution in [1.29, 1.82) is 0 Å². The summed E-state index contributed by atoms with van der Waals surface area (Å²) < 4.78 is 24.7. The summed E-state index contributed by atoms with van der Waals surface area (Å²) in [5, 5.41) is 14.8. The number of carbonyl (C=O) groups excluding carboxylic acids is 4. The Bertz CT molecular complexity index is 2580. The molecule has 0 fully saturated rings. The van der Waals surface area contributed by atoms with Crippen molar-refractivity contribution in [2.45, 2.75) is 79.1 Å². The Morgan fingerprint density at radius 2 is 1.37 bits per heavy atom. The number of nitrogens with one attached hydrogen (secondary N) is 2. The van der Waals surface area contributed by atoms with E-state index >= 15 is 0 Å². The number of amides is 4. The van der Waals surface area contributed by atoms with Gasteiger partial charge in [-0.1, -0.05) is 0 Å². The van der Waals surface area contributed by atoms with Gasteiger partial charge in [0.15, 0.2) is 0 Å². The lowest BCUT2D eigenvalue weighted by molar-refractivity contribution is 0.0991. The fourth-order valence-corrected chi connectivity index (χ4v) is 7.46. The van der Waals surface area contributed by atoms with E-state index in [9.17, 15) is 19.2 Å². The first-order valence-electron chi connectivity index (χ1n) is 19.6. The van der Waals surface area contributed by atoms with Crippen molar-refractivity contribution < 1.29 is 33.4 Å². The normalized spacial score (nSPS) is 13.5. The minimum atomic E-state index is -0.645. The third kappa shape index (κ3) is 8.18. The van der Waals surface area contributed by atoms with Crippen LogP contribution in [0.3, 0.4) is 0 Å². The van der Waals surface area contributed by atoms with Crippen LogP contribution in [0.25, 0.3) is 22.1 Å². The lowest BCUT2D eigenvalue weighted by atomic mass is 10.1. The van der Waals surface area contributed by atoms with Crippen LogP contribution in [0.4, 0.5) is 11.9 Å². The Morgan fingerprint density at radius 3 is 1.98 bits per heavy atom. The van der Waals surface area contributed by atoms with E-state index in [1.165, 1.54) is 0 Å². The van der Waals surface area contributed by atoms with Gasteiger partial charge in [-0.05, 0) is 83.4 Å². The molecule has 1 aliphatic rings. The molecule has 2 aromatic carbocycles. The number of rotatable bonds is 18. The van der Waals surface area contributed by atoms with Gasteiger partial charge in [0.2, 0.25) is 23.7 Å². The van der Waals surface area contributed by atoms with Gasteiger partial charge in [-0.3, -0.25) is 39.2 Å². The van der Waals surface area contributed by atoms with Gasteiger partial charge < -0.3 is 34.8 Å². The standard InChI is InChI=1S/C40H48N12O7/c1-6-50-29(15-22(3)47-50)37(55)45-39-43-27-17-24(35(41)53)19-31(58-14-10-13-57-5)33(27)49(39)12-9-8-11-26-21-59-32-20-25(36(42)54)18-28-34(32)52(26)40(44-28)46-38(56)30-16-23(4)48-51(30)7-2/h15-20,26H,6-14,21H2,1-5H3,(H2,41,53)(H2,42,54)(H,43,45,55)(H,44,46,56)/t26-/m0/s1. The summed E-state index contributed by atoms with van der Waals surface area (Å²) in [5.41, 5.74) is 16.1. The number of methoxy groups -OCH3 is 1. The predicted molar refractivity (Wildman–Crippen MR) is 218 cm³/mol. The van der Waals surface area contributed by atoms with E-state index < -0.39 is 17.7 Å². The van der Waals surface area contributed by atoms with Gasteiger partial charge in [0.05, 0.1) is 35.1 Å². The van der Waals surface area contributed by atoms with Crippen LogP contribution in [0.1, 0.15) is 98.7 Å². The van der Waals surface area contributed by atoms with Crippen molar-refractivity contribution in [2.24, 2.45) is 11.5 Å². The number of carbonyl (C=O) groups is 4. The number of nitrogens with zero attached hydrogens (tertiary/aromatic N) is 8. The van der Waals surface area contributed by atoms with Crippen LogP contribution >= 0.6 is 0 Å². The molecule has 19 nitrogen and oxygen atoms in total. The second-order valence-electron chi connectivity index (χ2n) is 14.3. The maximum Gasteiger partial charge on any atom is 0.276 e. The molecule has 0 radical (unpaired) electrons. The van der Waals surface area contributed by atoms with Crippen LogP contribution < -0.4 is 31.6 Å². The Labute approximate surface area is 339 Å². The zero-order chi connectivity index (χ0) is 42.0. The molecule has 59 heavy (non-hydrogen) atoms. The van der Waals surface area contributed by atoms with Crippen LogP contribution in [0.15, 0.2) is 36.4 Å². The molecule has 6 N–H and O–H groups in total. The summed E-state index contributed by atoms with van der Waals surface area (Å²) in [5.74, 6) is -0.646. The van der Waals surface area contributed by atoms with E-state index in [1.54, 1.807) is 52.9 Å². The minimum Gasteiger partial charge on any atom is -0.491 e. The van der Waals surface area contributed by atoms with Crippen LogP contribution in [0.2, 0.25) is 0 Å². The molecule has 4 amide bonds. The SMILES string of the molecule is CCn1nc(C)cc1C(=O)Nc1nc2cc(C(N)=O)cc(OCCCOC)c2n1CCCC[C@H]1COc2cc(C(N)=O)cc3nc(NC(=O)c4cc(C)nn4CC)n1c23. The number of benzene rings is 2. The van der Waals surface area contributed by atoms with Gasteiger partial charge in [-0.25, -0.2) is 9.97 Å². The molecule has 1 aliphatic heterocycles. The number of fused-ring (bicyclic) bond motifs is 1. The first-order valence-corrected chi connectivity index (χ1v) is 19.6. The molecule has 4 aromatic heterocycles. The first-order chi connectivity index (χ1) is 28.4. The number of unbranched alkanes of at least 4 members (excludes halogenated alkanes) is 1. The summed E-state index contributed by atoms with van der Waals surface area (Å²) in [6, 6.07) is 9.53. The molecule has 0 bridgehead atoms. The maximum absolute atomic E-state index is 13.7. The van der Waals surface area contributed by atoms with Gasteiger partial charge in [-0.2, -0.15) is 10.2 Å². The molecule has 0 saturated carbocycles. The molecule has 1 atom stereocenters. The average molecular weight is 809 g/mol. The molecule has 19 heteroatoms. The highest BCUT2D eigenvalue weighted by molar-refractivity contribution is 6.05. The van der Waals surface area contributed by atoms with Crippen molar-refractivity contribution in [3.63, 3.8) is 0 Å². The average Bonchev–Trinajstić information content (AvgIpc) is 3.98. The zero-order valence-electron chi connectivity index (χ0n) is 33.7. The van der Waals surface area contributed by atoms with Gasteiger partial charge in [-0.15, -0.1) is 0 Å². The maximum atomic E-state index is 13.7. The number of imidazole rings is 2. The van der Waals surface area contributed by atoms with Crippen molar-refractivity contribution in [3.05, 3.63) is 70.3 Å². The van der Waals surface area contributed by atoms with E-state index in [0.29, 0.717) is 121 Å². The zero-order valence-corrected chi connectivity index (χ0v) is 33.7. The third-order valence-electron chi connectivity index (χ3n) is 10.2. The number of ether oxygens (including phenoxy) is 3. The second kappa shape index (κ2) is 17.0. The number of hydrogen-bond acceptors (Lipinski definition) is 11. The van der Waals surface area contributed by atoms with Gasteiger partial charge >= 0.3 is 0 Å². The summed E-state index contributed by atoms with van der Waals surface area (Å²) in [6.07, 6.45) is 2.47. The summed E-state index contributed by atoms with van der Waals surface area (Å²) in [7, 11) is 1.61. The van der Waals surface area contributed by atoms with Crippen LogP contribution in [-0.4, -0.2) is 89.2 Å². The Morgan fingerprint density at radius 1 is 0.780 bits per heavy atom. The minimum absolute atomic E-state index is 0.214. The smallest absolute Gasteiger partial charge is 0.276 e. The quantitative estimate of drug-likeness (QED) is 0.0889. The molecule has 310 valence electrons. The van der Waals surface area contributed by atoms with Crippen LogP contribution in [0, 0.1) is 13.8 Å². The second-order valence-corrected chi connectivity index (χ2v) is 14.3. The molecule has 5 heterocycles. The molecular weight excluding hydrogens is 761 g/mol. The third-order valence-corrected chi connectivity index (χ3v) is 10.2. The number of nitrogens with two attached hydrogens (primary N) is 2. The fraction of sp³-hybridized carbons (Fsp3) is 0.400. The van der Waals surface area contributed by atoms with Gasteiger partial charge in [0, 0.05) is 50.9 Å². The summed E-state index contributed by atoms with van der Waals surface area (Å²) in [6.45, 7) is 9.87. The highest BCUT2D eigenvalue weighted by atomic mass is 16.5.